The maximum absolute atomic E-state index is 11.6. The molecule has 3 heteroatoms. The van der Waals surface area contributed by atoms with E-state index in [0.29, 0.717) is 16.9 Å². The lowest BCUT2D eigenvalue weighted by molar-refractivity contribution is 0.0600. The van der Waals surface area contributed by atoms with Gasteiger partial charge in [0.25, 0.3) is 0 Å². The van der Waals surface area contributed by atoms with E-state index >= 15 is 0 Å². The first kappa shape index (κ1) is 14.1. The summed E-state index contributed by atoms with van der Waals surface area (Å²) in [5.74, 6) is 6.27. The minimum atomic E-state index is -0.395. The van der Waals surface area contributed by atoms with Crippen molar-refractivity contribution in [1.29, 1.82) is 0 Å². The molecule has 0 atom stereocenters. The molecule has 0 radical (unpaired) electrons. The van der Waals surface area contributed by atoms with Crippen molar-refractivity contribution in [2.24, 2.45) is 0 Å². The summed E-state index contributed by atoms with van der Waals surface area (Å²) in [4.78, 5) is 11.6. The van der Waals surface area contributed by atoms with E-state index < -0.39 is 5.97 Å². The van der Waals surface area contributed by atoms with E-state index in [4.69, 9.17) is 9.47 Å². The lowest BCUT2D eigenvalue weighted by atomic mass is 10.1. The van der Waals surface area contributed by atoms with E-state index in [-0.39, 0.29) is 0 Å². The fourth-order valence-electron chi connectivity index (χ4n) is 1.53. The highest BCUT2D eigenvalue weighted by atomic mass is 16.5. The minimum Gasteiger partial charge on any atom is -0.495 e. The van der Waals surface area contributed by atoms with Gasteiger partial charge in [0.05, 0.1) is 25.3 Å². The van der Waals surface area contributed by atoms with Gasteiger partial charge >= 0.3 is 5.97 Å². The van der Waals surface area contributed by atoms with Crippen LogP contribution in [0.2, 0.25) is 0 Å². The number of methoxy groups -OCH3 is 2. The molecule has 0 N–H and O–H groups in total. The number of rotatable bonds is 4. The molecule has 0 bridgehead atoms. The normalized spacial score (nSPS) is 9.28. The van der Waals surface area contributed by atoms with Gasteiger partial charge in [0.2, 0.25) is 0 Å². The Morgan fingerprint density at radius 3 is 2.72 bits per heavy atom. The Bertz CT molecular complexity index is 466. The Balaban J connectivity index is 3.10. The van der Waals surface area contributed by atoms with Gasteiger partial charge in [-0.25, -0.2) is 4.79 Å². The van der Waals surface area contributed by atoms with E-state index in [2.05, 4.69) is 18.8 Å². The number of carbonyl (C=O) groups excluding carboxylic acids is 1. The van der Waals surface area contributed by atoms with Gasteiger partial charge in [-0.2, -0.15) is 0 Å². The average molecular weight is 246 g/mol. The van der Waals surface area contributed by atoms with Crippen LogP contribution in [0, 0.1) is 11.8 Å². The number of benzene rings is 1. The third kappa shape index (κ3) is 3.53. The third-order valence-electron chi connectivity index (χ3n) is 2.52. The first-order valence-corrected chi connectivity index (χ1v) is 5.98. The summed E-state index contributed by atoms with van der Waals surface area (Å²) in [6.45, 7) is 2.12. The molecular weight excluding hydrogens is 228 g/mol. The van der Waals surface area contributed by atoms with Crippen molar-refractivity contribution in [1.82, 2.24) is 0 Å². The second-order valence-electron chi connectivity index (χ2n) is 3.78. The van der Waals surface area contributed by atoms with Crippen LogP contribution in [0.1, 0.15) is 42.1 Å². The molecule has 1 aromatic rings. The molecule has 0 aliphatic heterocycles. The van der Waals surface area contributed by atoms with Gasteiger partial charge in [0.1, 0.15) is 5.75 Å². The Labute approximate surface area is 108 Å². The van der Waals surface area contributed by atoms with Crippen LogP contribution in [0.5, 0.6) is 5.75 Å². The topological polar surface area (TPSA) is 35.5 Å². The SMILES string of the molecule is CCCCC#Cc1c(OC)cccc1C(=O)OC. The highest BCUT2D eigenvalue weighted by Crippen LogP contribution is 2.21. The monoisotopic (exact) mass is 246 g/mol. The summed E-state index contributed by atoms with van der Waals surface area (Å²) in [6, 6.07) is 5.23. The molecule has 18 heavy (non-hydrogen) atoms. The van der Waals surface area contributed by atoms with Crippen LogP contribution in [0.25, 0.3) is 0 Å². The smallest absolute Gasteiger partial charge is 0.339 e. The minimum absolute atomic E-state index is 0.395. The standard InChI is InChI=1S/C15H18O3/c1-4-5-6-7-9-12-13(15(16)18-3)10-8-11-14(12)17-2/h8,10-11H,4-6H2,1-3H3. The lowest BCUT2D eigenvalue weighted by Crippen LogP contribution is -2.05. The van der Waals surface area contributed by atoms with E-state index in [1.54, 1.807) is 25.3 Å². The van der Waals surface area contributed by atoms with Gasteiger partial charge < -0.3 is 9.47 Å². The third-order valence-corrected chi connectivity index (χ3v) is 2.52. The Morgan fingerprint density at radius 1 is 1.33 bits per heavy atom. The van der Waals surface area contributed by atoms with E-state index in [1.165, 1.54) is 7.11 Å². The Hall–Kier alpha value is -1.95. The number of esters is 1. The summed E-state index contributed by atoms with van der Waals surface area (Å²) in [5.41, 5.74) is 1.05. The molecule has 0 aromatic heterocycles. The molecular formula is C15H18O3. The van der Waals surface area contributed by atoms with Gasteiger partial charge in [0.15, 0.2) is 0 Å². The molecule has 0 unspecified atom stereocenters. The van der Waals surface area contributed by atoms with Gasteiger partial charge in [-0.15, -0.1) is 0 Å². The molecule has 0 aliphatic carbocycles. The molecule has 0 saturated heterocycles. The molecule has 0 fully saturated rings. The highest BCUT2D eigenvalue weighted by Gasteiger charge is 2.13. The molecule has 3 nitrogen and oxygen atoms in total. The number of hydrogen-bond acceptors (Lipinski definition) is 3. The lowest BCUT2D eigenvalue weighted by Gasteiger charge is -2.07. The van der Waals surface area contributed by atoms with Crippen LogP contribution >= 0.6 is 0 Å². The van der Waals surface area contributed by atoms with Crippen LogP contribution in [-0.2, 0) is 4.74 Å². The summed E-state index contributed by atoms with van der Waals surface area (Å²) < 4.78 is 9.97. The van der Waals surface area contributed by atoms with Crippen LogP contribution in [0.15, 0.2) is 18.2 Å². The number of carbonyl (C=O) groups is 1. The Morgan fingerprint density at radius 2 is 2.11 bits per heavy atom. The molecule has 0 heterocycles. The van der Waals surface area contributed by atoms with Crippen LogP contribution in [0.4, 0.5) is 0 Å². The van der Waals surface area contributed by atoms with Gasteiger partial charge in [0, 0.05) is 6.42 Å². The quantitative estimate of drug-likeness (QED) is 0.465. The maximum atomic E-state index is 11.6. The fourth-order valence-corrected chi connectivity index (χ4v) is 1.53. The predicted molar refractivity (Wildman–Crippen MR) is 70.7 cm³/mol. The number of hydrogen-bond donors (Lipinski definition) is 0. The number of ether oxygens (including phenoxy) is 2. The Kier molecular flexibility index (Phi) is 5.79. The van der Waals surface area contributed by atoms with Crippen molar-refractivity contribution in [3.63, 3.8) is 0 Å². The summed E-state index contributed by atoms with van der Waals surface area (Å²) >= 11 is 0. The van der Waals surface area contributed by atoms with E-state index in [1.807, 2.05) is 0 Å². The van der Waals surface area contributed by atoms with Gasteiger partial charge in [-0.3, -0.25) is 0 Å². The van der Waals surface area contributed by atoms with Crippen LogP contribution in [-0.4, -0.2) is 20.2 Å². The van der Waals surface area contributed by atoms with Crippen molar-refractivity contribution >= 4 is 5.97 Å². The average Bonchev–Trinajstić information content (AvgIpc) is 2.42. The summed E-state index contributed by atoms with van der Waals surface area (Å²) in [7, 11) is 2.92. The predicted octanol–water partition coefficient (Wildman–Crippen LogP) is 3.02. The first-order valence-electron chi connectivity index (χ1n) is 5.98. The second-order valence-corrected chi connectivity index (χ2v) is 3.78. The summed E-state index contributed by atoms with van der Waals surface area (Å²) in [6.07, 6.45) is 2.97. The molecule has 1 aromatic carbocycles. The van der Waals surface area contributed by atoms with Crippen molar-refractivity contribution in [2.75, 3.05) is 14.2 Å². The molecule has 0 amide bonds. The number of unbranched alkanes of at least 4 members (excludes halogenated alkanes) is 2. The molecule has 1 rings (SSSR count). The van der Waals surface area contributed by atoms with Gasteiger partial charge in [-0.05, 0) is 18.6 Å². The van der Waals surface area contributed by atoms with Gasteiger partial charge in [-0.1, -0.05) is 31.3 Å². The van der Waals surface area contributed by atoms with Crippen molar-refractivity contribution < 1.29 is 14.3 Å². The van der Waals surface area contributed by atoms with E-state index in [9.17, 15) is 4.79 Å². The van der Waals surface area contributed by atoms with Crippen molar-refractivity contribution in [3.8, 4) is 17.6 Å². The molecule has 96 valence electrons. The first-order chi connectivity index (χ1) is 8.74. The van der Waals surface area contributed by atoms with E-state index in [0.717, 1.165) is 19.3 Å². The summed E-state index contributed by atoms with van der Waals surface area (Å²) in [5, 5.41) is 0. The maximum Gasteiger partial charge on any atom is 0.339 e. The second kappa shape index (κ2) is 7.39. The van der Waals surface area contributed by atoms with Crippen molar-refractivity contribution in [3.05, 3.63) is 29.3 Å². The zero-order valence-corrected chi connectivity index (χ0v) is 11.1. The highest BCUT2D eigenvalue weighted by molar-refractivity contribution is 5.93. The zero-order chi connectivity index (χ0) is 13.4. The largest absolute Gasteiger partial charge is 0.495 e. The molecule has 0 spiro atoms. The van der Waals surface area contributed by atoms with Crippen LogP contribution in [0.3, 0.4) is 0 Å². The van der Waals surface area contributed by atoms with Crippen LogP contribution < -0.4 is 4.74 Å². The zero-order valence-electron chi connectivity index (χ0n) is 11.1. The van der Waals surface area contributed by atoms with Crippen molar-refractivity contribution in [2.45, 2.75) is 26.2 Å². The molecule has 0 saturated carbocycles. The fraction of sp³-hybridized carbons (Fsp3) is 0.400. The molecule has 0 aliphatic rings.